The van der Waals surface area contributed by atoms with Crippen LogP contribution in [0.4, 0.5) is 0 Å². The standard InChI is InChI=1S/C9H14N2O2S2/c1-15(12,13)5-8-11-9(6-2-3-6)7(4-10)14-8/h6H,2-5,10H2,1H3. The van der Waals surface area contributed by atoms with Gasteiger partial charge in [-0.25, -0.2) is 13.4 Å². The zero-order chi connectivity index (χ0) is 11.1. The summed E-state index contributed by atoms with van der Waals surface area (Å²) in [4.78, 5) is 5.44. The molecule has 6 heteroatoms. The average Bonchev–Trinajstić information content (AvgIpc) is 2.86. The van der Waals surface area contributed by atoms with Crippen LogP contribution in [0, 0.1) is 0 Å². The fourth-order valence-corrected chi connectivity index (χ4v) is 3.74. The molecule has 0 unspecified atom stereocenters. The van der Waals surface area contributed by atoms with Crippen molar-refractivity contribution in [2.24, 2.45) is 5.73 Å². The Kier molecular flexibility index (Phi) is 2.83. The lowest BCUT2D eigenvalue weighted by molar-refractivity contribution is 0.601. The van der Waals surface area contributed by atoms with Gasteiger partial charge in [-0.1, -0.05) is 0 Å². The van der Waals surface area contributed by atoms with Crippen molar-refractivity contribution in [3.05, 3.63) is 15.6 Å². The van der Waals surface area contributed by atoms with Crippen LogP contribution >= 0.6 is 11.3 Å². The lowest BCUT2D eigenvalue weighted by Crippen LogP contribution is -2.00. The Morgan fingerprint density at radius 2 is 2.20 bits per heavy atom. The summed E-state index contributed by atoms with van der Waals surface area (Å²) in [7, 11) is -2.99. The van der Waals surface area contributed by atoms with E-state index in [0.29, 0.717) is 17.5 Å². The molecule has 2 rings (SSSR count). The first-order valence-corrected chi connectivity index (χ1v) is 7.73. The summed E-state index contributed by atoms with van der Waals surface area (Å²) >= 11 is 1.44. The van der Waals surface area contributed by atoms with Crippen LogP contribution in [0.1, 0.15) is 34.3 Å². The number of sulfone groups is 1. The maximum Gasteiger partial charge on any atom is 0.153 e. The minimum Gasteiger partial charge on any atom is -0.326 e. The zero-order valence-corrected chi connectivity index (χ0v) is 10.2. The second-order valence-corrected chi connectivity index (χ2v) is 7.27. The van der Waals surface area contributed by atoms with E-state index in [2.05, 4.69) is 4.98 Å². The van der Waals surface area contributed by atoms with Crippen LogP contribution in [0.2, 0.25) is 0 Å². The lowest BCUT2D eigenvalue weighted by atomic mass is 10.2. The molecule has 0 aromatic carbocycles. The summed E-state index contributed by atoms with van der Waals surface area (Å²) in [6.45, 7) is 0.466. The Balaban J connectivity index is 2.26. The topological polar surface area (TPSA) is 73.0 Å². The molecule has 4 nitrogen and oxygen atoms in total. The van der Waals surface area contributed by atoms with Crippen molar-refractivity contribution < 1.29 is 8.42 Å². The van der Waals surface area contributed by atoms with Gasteiger partial charge in [-0.15, -0.1) is 11.3 Å². The summed E-state index contributed by atoms with van der Waals surface area (Å²) in [6.07, 6.45) is 3.55. The van der Waals surface area contributed by atoms with Crippen LogP contribution in [-0.4, -0.2) is 19.7 Å². The molecule has 1 fully saturated rings. The average molecular weight is 246 g/mol. The molecule has 1 aromatic heterocycles. The third kappa shape index (κ3) is 2.76. The van der Waals surface area contributed by atoms with Crippen LogP contribution in [-0.2, 0) is 22.1 Å². The maximum atomic E-state index is 11.1. The molecule has 0 saturated heterocycles. The number of rotatable bonds is 4. The molecule has 0 atom stereocenters. The predicted octanol–water partition coefficient (Wildman–Crippen LogP) is 1.02. The van der Waals surface area contributed by atoms with Crippen LogP contribution in [0.3, 0.4) is 0 Å². The Morgan fingerprint density at radius 3 is 2.67 bits per heavy atom. The molecule has 1 aliphatic carbocycles. The van der Waals surface area contributed by atoms with E-state index in [0.717, 1.165) is 23.4 Å². The van der Waals surface area contributed by atoms with E-state index in [1.54, 1.807) is 0 Å². The van der Waals surface area contributed by atoms with E-state index in [9.17, 15) is 8.42 Å². The Hall–Kier alpha value is -0.460. The minimum atomic E-state index is -2.99. The molecule has 2 N–H and O–H groups in total. The number of hydrogen-bond acceptors (Lipinski definition) is 5. The number of nitrogens with two attached hydrogens (primary N) is 1. The second-order valence-electron chi connectivity index (χ2n) is 3.96. The first-order chi connectivity index (χ1) is 6.99. The van der Waals surface area contributed by atoms with Gasteiger partial charge in [0.1, 0.15) is 10.8 Å². The van der Waals surface area contributed by atoms with E-state index < -0.39 is 9.84 Å². The van der Waals surface area contributed by atoms with Crippen molar-refractivity contribution >= 4 is 21.2 Å². The summed E-state index contributed by atoms with van der Waals surface area (Å²) in [6, 6.07) is 0. The molecule has 84 valence electrons. The highest BCUT2D eigenvalue weighted by Crippen LogP contribution is 2.42. The summed E-state index contributed by atoms with van der Waals surface area (Å²) in [5.74, 6) is 0.574. The highest BCUT2D eigenvalue weighted by Gasteiger charge is 2.29. The number of hydrogen-bond donors (Lipinski definition) is 1. The van der Waals surface area contributed by atoms with Crippen LogP contribution in [0.25, 0.3) is 0 Å². The summed E-state index contributed by atoms with van der Waals surface area (Å²) in [5.41, 5.74) is 6.66. The van der Waals surface area contributed by atoms with E-state index in [1.165, 1.54) is 17.6 Å². The Labute approximate surface area is 93.4 Å². The van der Waals surface area contributed by atoms with Gasteiger partial charge >= 0.3 is 0 Å². The smallest absolute Gasteiger partial charge is 0.153 e. The van der Waals surface area contributed by atoms with Crippen molar-refractivity contribution in [1.29, 1.82) is 0 Å². The molecule has 0 radical (unpaired) electrons. The largest absolute Gasteiger partial charge is 0.326 e. The predicted molar refractivity (Wildman–Crippen MR) is 60.5 cm³/mol. The number of thiazole rings is 1. The molecule has 1 saturated carbocycles. The van der Waals surface area contributed by atoms with E-state index in [4.69, 9.17) is 5.73 Å². The molecule has 1 aromatic rings. The van der Waals surface area contributed by atoms with Crippen molar-refractivity contribution in [3.8, 4) is 0 Å². The van der Waals surface area contributed by atoms with E-state index in [-0.39, 0.29) is 5.75 Å². The number of nitrogens with zero attached hydrogens (tertiary/aromatic N) is 1. The third-order valence-corrected chi connectivity index (χ3v) is 4.38. The van der Waals surface area contributed by atoms with Gasteiger partial charge in [0.2, 0.25) is 0 Å². The van der Waals surface area contributed by atoms with Gasteiger partial charge < -0.3 is 5.73 Å². The van der Waals surface area contributed by atoms with Gasteiger partial charge in [-0.3, -0.25) is 0 Å². The zero-order valence-electron chi connectivity index (χ0n) is 8.56. The Bertz CT molecular complexity index is 460. The van der Waals surface area contributed by atoms with Crippen LogP contribution in [0.15, 0.2) is 0 Å². The van der Waals surface area contributed by atoms with Crippen LogP contribution < -0.4 is 5.73 Å². The molecular weight excluding hydrogens is 232 g/mol. The molecule has 0 spiro atoms. The second kappa shape index (κ2) is 3.84. The third-order valence-electron chi connectivity index (χ3n) is 2.31. The Morgan fingerprint density at radius 1 is 1.53 bits per heavy atom. The first-order valence-electron chi connectivity index (χ1n) is 4.86. The summed E-state index contributed by atoms with van der Waals surface area (Å²) < 4.78 is 22.3. The maximum absolute atomic E-state index is 11.1. The highest BCUT2D eigenvalue weighted by atomic mass is 32.2. The number of aromatic nitrogens is 1. The lowest BCUT2D eigenvalue weighted by Gasteiger charge is -1.93. The molecule has 0 aliphatic heterocycles. The molecule has 1 heterocycles. The van der Waals surface area contributed by atoms with E-state index >= 15 is 0 Å². The minimum absolute atomic E-state index is 0.0391. The van der Waals surface area contributed by atoms with Crippen LogP contribution in [0.5, 0.6) is 0 Å². The first kappa shape index (κ1) is 11.0. The van der Waals surface area contributed by atoms with Gasteiger partial charge in [-0.05, 0) is 12.8 Å². The SMILES string of the molecule is CS(=O)(=O)Cc1nc(C2CC2)c(CN)s1. The molecule has 15 heavy (non-hydrogen) atoms. The summed E-state index contributed by atoms with van der Waals surface area (Å²) in [5, 5.41) is 0.680. The van der Waals surface area contributed by atoms with Gasteiger partial charge in [0, 0.05) is 23.6 Å². The molecule has 0 bridgehead atoms. The van der Waals surface area contributed by atoms with Gasteiger partial charge in [-0.2, -0.15) is 0 Å². The molecule has 1 aliphatic rings. The van der Waals surface area contributed by atoms with Crippen molar-refractivity contribution in [2.75, 3.05) is 6.26 Å². The normalized spacial score (nSPS) is 16.9. The molecular formula is C9H14N2O2S2. The fraction of sp³-hybridized carbons (Fsp3) is 0.667. The van der Waals surface area contributed by atoms with Gasteiger partial charge in [0.25, 0.3) is 0 Å². The van der Waals surface area contributed by atoms with Gasteiger partial charge in [0.05, 0.1) is 5.69 Å². The van der Waals surface area contributed by atoms with Crippen molar-refractivity contribution in [3.63, 3.8) is 0 Å². The van der Waals surface area contributed by atoms with Gasteiger partial charge in [0.15, 0.2) is 9.84 Å². The molecule has 0 amide bonds. The highest BCUT2D eigenvalue weighted by molar-refractivity contribution is 7.90. The van der Waals surface area contributed by atoms with Crippen molar-refractivity contribution in [2.45, 2.75) is 31.1 Å². The monoisotopic (exact) mass is 246 g/mol. The quantitative estimate of drug-likeness (QED) is 0.861. The van der Waals surface area contributed by atoms with E-state index in [1.807, 2.05) is 0 Å². The fourth-order valence-electron chi connectivity index (χ4n) is 1.52. The van der Waals surface area contributed by atoms with Crippen molar-refractivity contribution in [1.82, 2.24) is 4.98 Å².